The van der Waals surface area contributed by atoms with Crippen LogP contribution in [-0.2, 0) is 21.0 Å². The molecule has 0 spiro atoms. The monoisotopic (exact) mass is 719 g/mol. The van der Waals surface area contributed by atoms with Crippen LogP contribution in [-0.4, -0.2) is 5.92 Å². The van der Waals surface area contributed by atoms with Gasteiger partial charge >= 0.3 is 278 Å². The van der Waals surface area contributed by atoms with Gasteiger partial charge in [-0.15, -0.1) is 0 Å². The molecule has 3 unspecified atom stereocenters. The van der Waals surface area contributed by atoms with Crippen molar-refractivity contribution in [3.05, 3.63) is 105 Å². The van der Waals surface area contributed by atoms with Crippen molar-refractivity contribution in [3.8, 4) is 11.1 Å². The number of hydrogen-bond acceptors (Lipinski definition) is 0. The molecule has 0 aliphatic heterocycles. The van der Waals surface area contributed by atoms with E-state index in [1.54, 1.807) is 5.57 Å². The topological polar surface area (TPSA) is 0 Å². The van der Waals surface area contributed by atoms with Crippen LogP contribution in [0.5, 0.6) is 0 Å². The van der Waals surface area contributed by atoms with Crippen molar-refractivity contribution in [3.63, 3.8) is 0 Å². The van der Waals surface area contributed by atoms with Crippen molar-refractivity contribution >= 4 is 35.1 Å². The molecule has 0 bridgehead atoms. The minimum absolute atomic E-state index is 0.134. The summed E-state index contributed by atoms with van der Waals surface area (Å²) in [4.78, 5) is 0. The fourth-order valence-electron chi connectivity index (χ4n) is 8.85. The first-order valence-corrected chi connectivity index (χ1v) is 33.4. The third-order valence-corrected chi connectivity index (χ3v) is 63.6. The van der Waals surface area contributed by atoms with E-state index < -0.39 is 21.5 Å². The summed E-state index contributed by atoms with van der Waals surface area (Å²) in [6.07, 6.45) is 11.4. The fourth-order valence-corrected chi connectivity index (χ4v) is 40.8. The Morgan fingerprint density at radius 3 is 2.05 bits per heavy atom. The Hall–Kier alpha value is -1.18. The fraction of sp³-hybridized carbons (Fsp3) is 0.450. The molecule has 3 aliphatic rings. The van der Waals surface area contributed by atoms with E-state index >= 15 is 0 Å². The Morgan fingerprint density at radius 1 is 0.841 bits per heavy atom. The summed E-state index contributed by atoms with van der Waals surface area (Å²) in [6, 6.07) is 23.2. The van der Waals surface area contributed by atoms with Gasteiger partial charge in [0.1, 0.15) is 0 Å². The van der Waals surface area contributed by atoms with E-state index in [-0.39, 0.29) is 12.7 Å². The average Bonchev–Trinajstić information content (AvgIpc) is 3.73. The van der Waals surface area contributed by atoms with Crippen molar-refractivity contribution in [1.29, 1.82) is 0 Å². The van der Waals surface area contributed by atoms with E-state index in [0.717, 1.165) is 6.42 Å². The van der Waals surface area contributed by atoms with Gasteiger partial charge in [0.15, 0.2) is 0 Å². The van der Waals surface area contributed by atoms with Gasteiger partial charge < -0.3 is 0 Å². The molecule has 3 aromatic carbocycles. The molecule has 0 amide bonds. The van der Waals surface area contributed by atoms with Crippen LogP contribution in [0.25, 0.3) is 23.3 Å². The average molecular weight is 722 g/mol. The summed E-state index contributed by atoms with van der Waals surface area (Å²) in [6.45, 7) is 18.8. The van der Waals surface area contributed by atoms with Gasteiger partial charge in [0, 0.05) is 0 Å². The molecule has 0 saturated heterocycles. The minimum atomic E-state index is -4.73. The molecule has 0 aromatic heterocycles. The summed E-state index contributed by atoms with van der Waals surface area (Å²) in [5.74, 6) is -0.437. The summed E-state index contributed by atoms with van der Waals surface area (Å²) < 4.78 is 0.339. The first kappa shape index (κ1) is 32.7. The molecule has 1 fully saturated rings. The van der Waals surface area contributed by atoms with Gasteiger partial charge in [-0.05, 0) is 0 Å². The van der Waals surface area contributed by atoms with Crippen molar-refractivity contribution < 1.29 is 15.6 Å². The van der Waals surface area contributed by atoms with E-state index in [1.807, 2.05) is 0 Å². The molecule has 6 rings (SSSR count). The third-order valence-electron chi connectivity index (χ3n) is 11.6. The molecule has 4 heteroatoms. The molecule has 3 atom stereocenters. The molecular formula is C40H51Cl2SiZr. The Bertz CT molecular complexity index is 1630. The zero-order valence-corrected chi connectivity index (χ0v) is 33.2. The van der Waals surface area contributed by atoms with Crippen LogP contribution in [0.2, 0.25) is 13.1 Å². The maximum absolute atomic E-state index is 8.66. The number of fused-ring (bicyclic) bond motifs is 2. The molecule has 3 aliphatic carbocycles. The zero-order chi connectivity index (χ0) is 31.6. The summed E-state index contributed by atoms with van der Waals surface area (Å²) >= 11 is -4.73. The molecule has 3 aromatic rings. The standard InChI is InChI=1S/C20H21.C18H23.C2H7Si.2ClH.Zr/c1-14-12-16-6-5-7-18(19(16)13-14)15-8-10-17(11-9-15)20(2,3)4;1-3-13(2)17-10-6-9-15-11-16(12-18(15)17)14-7-4-5-8-14;1-3-2;;;/h5-13H,1-4H3;6,9-14H,3-5,7-8H2,1-2H3;3H,1-2H3;2*1H;/q;;;;;+2/p-2. The molecule has 233 valence electrons. The van der Waals surface area contributed by atoms with Crippen LogP contribution in [0.15, 0.2) is 71.8 Å². The van der Waals surface area contributed by atoms with Gasteiger partial charge in [0.25, 0.3) is 0 Å². The first-order chi connectivity index (χ1) is 20.8. The number of halogens is 2. The van der Waals surface area contributed by atoms with Crippen molar-refractivity contribution in [2.24, 2.45) is 5.92 Å². The van der Waals surface area contributed by atoms with Gasteiger partial charge in [0.05, 0.1) is 0 Å². The molecule has 1 saturated carbocycles. The molecular weight excluding hydrogens is 671 g/mol. The summed E-state index contributed by atoms with van der Waals surface area (Å²) in [7, 11) is 17.3. The van der Waals surface area contributed by atoms with Crippen LogP contribution in [0.3, 0.4) is 0 Å². The number of rotatable bonds is 7. The van der Waals surface area contributed by atoms with E-state index in [0.29, 0.717) is 11.8 Å². The Morgan fingerprint density at radius 2 is 1.45 bits per heavy atom. The number of hydrogen-bond donors (Lipinski definition) is 0. The molecule has 0 N–H and O–H groups in total. The second-order valence-electron chi connectivity index (χ2n) is 15.6. The first-order valence-electron chi connectivity index (χ1n) is 17.1. The van der Waals surface area contributed by atoms with Gasteiger partial charge in [-0.2, -0.15) is 0 Å². The zero-order valence-electron chi connectivity index (χ0n) is 28.1. The van der Waals surface area contributed by atoms with Crippen LogP contribution in [0.1, 0.15) is 120 Å². The molecule has 0 heterocycles. The molecule has 44 heavy (non-hydrogen) atoms. The van der Waals surface area contributed by atoms with E-state index in [4.69, 9.17) is 17.0 Å². The Kier molecular flexibility index (Phi) is 8.79. The van der Waals surface area contributed by atoms with E-state index in [1.165, 1.54) is 75.8 Å². The van der Waals surface area contributed by atoms with Crippen LogP contribution >= 0.6 is 17.0 Å². The molecule has 0 nitrogen and oxygen atoms in total. The second-order valence-corrected chi connectivity index (χ2v) is 58.1. The number of allylic oxidation sites excluding steroid dienone is 2. The second kappa shape index (κ2) is 11.8. The van der Waals surface area contributed by atoms with Crippen molar-refractivity contribution in [1.82, 2.24) is 0 Å². The maximum atomic E-state index is 8.66. The molecule has 0 radical (unpaired) electrons. The Labute approximate surface area is 276 Å². The van der Waals surface area contributed by atoms with Gasteiger partial charge in [-0.25, -0.2) is 0 Å². The predicted octanol–water partition coefficient (Wildman–Crippen LogP) is 12.9. The van der Waals surface area contributed by atoms with Crippen LogP contribution in [0, 0.1) is 5.92 Å². The van der Waals surface area contributed by atoms with E-state index in [9.17, 15) is 0 Å². The SMILES string of the molecule is CCC(C)c1cccc2c1C=C(C1CCCC1)[CH]2[Zr]([Cl])([Cl])([CH]1C(C)=Cc2c(-c3ccc(C(C)(C)C)cc3)cccc21)[SiH](C)C. The summed E-state index contributed by atoms with van der Waals surface area (Å²) in [5, 5.41) is 0. The van der Waals surface area contributed by atoms with Gasteiger partial charge in [-0.3, -0.25) is 0 Å². The normalized spacial score (nSPS) is 21.9. The third kappa shape index (κ3) is 5.18. The van der Waals surface area contributed by atoms with Gasteiger partial charge in [0.2, 0.25) is 0 Å². The van der Waals surface area contributed by atoms with Gasteiger partial charge in [-0.1, -0.05) is 0 Å². The quantitative estimate of drug-likeness (QED) is 0.213. The summed E-state index contributed by atoms with van der Waals surface area (Å²) in [5.41, 5.74) is 14.2. The number of benzene rings is 3. The van der Waals surface area contributed by atoms with Crippen molar-refractivity contribution in [2.75, 3.05) is 0 Å². The predicted molar refractivity (Wildman–Crippen MR) is 195 cm³/mol. The van der Waals surface area contributed by atoms with Crippen molar-refractivity contribution in [2.45, 2.75) is 105 Å². The van der Waals surface area contributed by atoms with E-state index in [2.05, 4.69) is 127 Å². The Balaban J connectivity index is 1.54. The van der Waals surface area contributed by atoms with Crippen LogP contribution in [0.4, 0.5) is 0 Å². The van der Waals surface area contributed by atoms with Crippen LogP contribution < -0.4 is 0 Å².